The van der Waals surface area contributed by atoms with Crippen molar-refractivity contribution in [3.05, 3.63) is 30.1 Å². The van der Waals surface area contributed by atoms with Crippen molar-refractivity contribution in [3.8, 4) is 0 Å². The summed E-state index contributed by atoms with van der Waals surface area (Å²) in [4.78, 5) is 27.8. The lowest BCUT2D eigenvalue weighted by molar-refractivity contribution is -0.121. The Morgan fingerprint density at radius 2 is 1.69 bits per heavy atom. The van der Waals surface area contributed by atoms with Crippen molar-refractivity contribution in [1.82, 2.24) is 16.0 Å². The molecule has 0 aliphatic rings. The van der Waals surface area contributed by atoms with Crippen LogP contribution in [0.2, 0.25) is 0 Å². The average Bonchev–Trinajstić information content (AvgIpc) is 2.50. The minimum Gasteiger partial charge on any atom is -0.357 e. The van der Waals surface area contributed by atoms with Gasteiger partial charge in [0, 0.05) is 17.8 Å². The van der Waals surface area contributed by atoms with Gasteiger partial charge < -0.3 is 21.3 Å². The van der Waals surface area contributed by atoms with Gasteiger partial charge in [-0.05, 0) is 52.0 Å². The Kier molecular flexibility index (Phi) is 10.8. The Hall–Kier alpha value is -1.91. The molecule has 1 aromatic carbocycles. The van der Waals surface area contributed by atoms with Gasteiger partial charge in [-0.15, -0.1) is 24.0 Å². The highest BCUT2D eigenvalue weighted by atomic mass is 127. The molecule has 0 saturated heterocycles. The molecule has 0 bridgehead atoms. The van der Waals surface area contributed by atoms with Crippen LogP contribution in [0.3, 0.4) is 0 Å². The van der Waals surface area contributed by atoms with Crippen LogP contribution in [0.15, 0.2) is 29.3 Å². The molecule has 4 N–H and O–H groups in total. The molecular formula is C17H27FIN5O2. The summed E-state index contributed by atoms with van der Waals surface area (Å²) in [6.07, 6.45) is 0. The lowest BCUT2D eigenvalue weighted by Crippen LogP contribution is -2.48. The molecule has 0 aliphatic carbocycles. The topological polar surface area (TPSA) is 94.6 Å². The van der Waals surface area contributed by atoms with E-state index < -0.39 is 0 Å². The van der Waals surface area contributed by atoms with Crippen LogP contribution in [-0.4, -0.2) is 42.9 Å². The van der Waals surface area contributed by atoms with Gasteiger partial charge in [0.15, 0.2) is 5.96 Å². The number of carbonyl (C=O) groups is 2. The fraction of sp³-hybridized carbons (Fsp3) is 0.471. The van der Waals surface area contributed by atoms with Crippen LogP contribution in [0.25, 0.3) is 0 Å². The molecule has 0 atom stereocenters. The third-order valence-corrected chi connectivity index (χ3v) is 2.78. The van der Waals surface area contributed by atoms with E-state index in [9.17, 15) is 14.0 Å². The van der Waals surface area contributed by atoms with Gasteiger partial charge in [-0.1, -0.05) is 0 Å². The fourth-order valence-corrected chi connectivity index (χ4v) is 1.85. The third kappa shape index (κ3) is 10.9. The van der Waals surface area contributed by atoms with Crippen molar-refractivity contribution in [2.75, 3.05) is 25.0 Å². The average molecular weight is 479 g/mol. The number of rotatable bonds is 6. The molecule has 2 amide bonds. The zero-order chi connectivity index (χ0) is 18.9. The molecule has 146 valence electrons. The number of halogens is 2. The highest BCUT2D eigenvalue weighted by Gasteiger charge is 2.13. The van der Waals surface area contributed by atoms with Gasteiger partial charge in [-0.25, -0.2) is 9.38 Å². The molecule has 0 saturated carbocycles. The van der Waals surface area contributed by atoms with E-state index in [1.54, 1.807) is 0 Å². The maximum Gasteiger partial charge on any atom is 0.246 e. The Bertz CT molecular complexity index is 615. The standard InChI is InChI=1S/C17H26FN5O2.HI/c1-5-19-16(21-11-15(25)23-17(2,3)4)20-10-14(24)22-13-8-6-12(18)7-9-13;/h6-9H,5,10-11H2,1-4H3,(H,22,24)(H,23,25)(H2,19,20,21);1H. The first kappa shape index (κ1) is 24.1. The molecule has 0 heterocycles. The van der Waals surface area contributed by atoms with Crippen LogP contribution in [0.4, 0.5) is 10.1 Å². The van der Waals surface area contributed by atoms with Gasteiger partial charge in [-0.3, -0.25) is 9.59 Å². The highest BCUT2D eigenvalue weighted by Crippen LogP contribution is 2.07. The number of aliphatic imine (C=N–C) groups is 1. The SMILES string of the molecule is CCNC(=NCC(=O)Nc1ccc(F)cc1)NCC(=O)NC(C)(C)C.I. The van der Waals surface area contributed by atoms with E-state index >= 15 is 0 Å². The lowest BCUT2D eigenvalue weighted by Gasteiger charge is -2.21. The Balaban J connectivity index is 0.00000625. The number of amides is 2. The molecule has 0 unspecified atom stereocenters. The Labute approximate surface area is 170 Å². The largest absolute Gasteiger partial charge is 0.357 e. The molecule has 26 heavy (non-hydrogen) atoms. The molecular weight excluding hydrogens is 452 g/mol. The maximum absolute atomic E-state index is 12.8. The summed E-state index contributed by atoms with van der Waals surface area (Å²) in [7, 11) is 0. The van der Waals surface area contributed by atoms with E-state index in [0.29, 0.717) is 18.2 Å². The second-order valence-electron chi connectivity index (χ2n) is 6.40. The third-order valence-electron chi connectivity index (χ3n) is 2.78. The number of hydrogen-bond donors (Lipinski definition) is 4. The fourth-order valence-electron chi connectivity index (χ4n) is 1.85. The predicted molar refractivity (Wildman–Crippen MR) is 112 cm³/mol. The van der Waals surface area contributed by atoms with Crippen LogP contribution in [0, 0.1) is 5.82 Å². The van der Waals surface area contributed by atoms with Gasteiger partial charge in [0.25, 0.3) is 0 Å². The summed E-state index contributed by atoms with van der Waals surface area (Å²) < 4.78 is 12.8. The van der Waals surface area contributed by atoms with E-state index in [2.05, 4.69) is 26.3 Å². The minimum atomic E-state index is -0.372. The van der Waals surface area contributed by atoms with Gasteiger partial charge in [0.05, 0.1) is 6.54 Å². The summed E-state index contributed by atoms with van der Waals surface area (Å²) in [5.74, 6) is -0.527. The van der Waals surface area contributed by atoms with Crippen LogP contribution in [0.1, 0.15) is 27.7 Å². The quantitative estimate of drug-likeness (QED) is 0.285. The van der Waals surface area contributed by atoms with Crippen molar-refractivity contribution < 1.29 is 14.0 Å². The van der Waals surface area contributed by atoms with Crippen molar-refractivity contribution >= 4 is 47.4 Å². The number of hydrogen-bond acceptors (Lipinski definition) is 3. The monoisotopic (exact) mass is 479 g/mol. The number of nitrogens with one attached hydrogen (secondary N) is 4. The van der Waals surface area contributed by atoms with E-state index in [4.69, 9.17) is 0 Å². The first-order valence-corrected chi connectivity index (χ1v) is 8.08. The lowest BCUT2D eigenvalue weighted by atomic mass is 10.1. The Morgan fingerprint density at radius 3 is 2.23 bits per heavy atom. The second kappa shape index (κ2) is 11.7. The number of benzene rings is 1. The molecule has 0 aliphatic heterocycles. The minimum absolute atomic E-state index is 0. The van der Waals surface area contributed by atoms with E-state index in [1.807, 2.05) is 27.7 Å². The summed E-state index contributed by atoms with van der Waals surface area (Å²) in [5.41, 5.74) is 0.174. The number of guanidine groups is 1. The molecule has 0 fully saturated rings. The molecule has 1 rings (SSSR count). The first-order valence-electron chi connectivity index (χ1n) is 8.08. The molecule has 9 heteroatoms. The van der Waals surface area contributed by atoms with Crippen molar-refractivity contribution in [1.29, 1.82) is 0 Å². The van der Waals surface area contributed by atoms with Crippen molar-refractivity contribution in [2.24, 2.45) is 4.99 Å². The smallest absolute Gasteiger partial charge is 0.246 e. The first-order chi connectivity index (χ1) is 11.7. The van der Waals surface area contributed by atoms with Gasteiger partial charge >= 0.3 is 0 Å². The maximum atomic E-state index is 12.8. The van der Waals surface area contributed by atoms with Gasteiger partial charge in [-0.2, -0.15) is 0 Å². The molecule has 0 radical (unpaired) electrons. The van der Waals surface area contributed by atoms with Gasteiger partial charge in [0.1, 0.15) is 12.4 Å². The van der Waals surface area contributed by atoms with Crippen LogP contribution in [-0.2, 0) is 9.59 Å². The summed E-state index contributed by atoms with van der Waals surface area (Å²) in [6.45, 7) is 8.06. The van der Waals surface area contributed by atoms with Crippen LogP contribution < -0.4 is 21.3 Å². The summed E-state index contributed by atoms with van der Waals surface area (Å²) >= 11 is 0. The highest BCUT2D eigenvalue weighted by molar-refractivity contribution is 14.0. The Morgan fingerprint density at radius 1 is 1.08 bits per heavy atom. The molecule has 0 aromatic heterocycles. The summed E-state index contributed by atoms with van der Waals surface area (Å²) in [6, 6.07) is 5.46. The van der Waals surface area contributed by atoms with E-state index in [0.717, 1.165) is 0 Å². The zero-order valence-electron chi connectivity index (χ0n) is 15.5. The number of anilines is 1. The van der Waals surface area contributed by atoms with E-state index in [-0.39, 0.29) is 60.2 Å². The van der Waals surface area contributed by atoms with Crippen molar-refractivity contribution in [2.45, 2.75) is 33.2 Å². The van der Waals surface area contributed by atoms with Gasteiger partial charge in [0.2, 0.25) is 11.8 Å². The predicted octanol–water partition coefficient (Wildman–Crippen LogP) is 1.85. The second-order valence-corrected chi connectivity index (χ2v) is 6.40. The summed E-state index contributed by atoms with van der Waals surface area (Å²) in [5, 5.41) is 11.3. The van der Waals surface area contributed by atoms with Crippen molar-refractivity contribution in [3.63, 3.8) is 0 Å². The van der Waals surface area contributed by atoms with E-state index in [1.165, 1.54) is 24.3 Å². The molecule has 1 aromatic rings. The van der Waals surface area contributed by atoms with Crippen LogP contribution in [0.5, 0.6) is 0 Å². The zero-order valence-corrected chi connectivity index (χ0v) is 17.8. The molecule has 7 nitrogen and oxygen atoms in total. The van der Waals surface area contributed by atoms with Crippen LogP contribution >= 0.6 is 24.0 Å². The molecule has 0 spiro atoms. The number of carbonyl (C=O) groups excluding carboxylic acids is 2. The number of nitrogens with zero attached hydrogens (tertiary/aromatic N) is 1. The normalized spacial score (nSPS) is 11.2.